The number of ether oxygens (including phenoxy) is 1. The minimum absolute atomic E-state index is 0.116. The zero-order chi connectivity index (χ0) is 13.1. The zero-order valence-corrected chi connectivity index (χ0v) is 10.8. The van der Waals surface area contributed by atoms with Crippen molar-refractivity contribution in [3.05, 3.63) is 11.3 Å². The molecule has 0 amide bonds. The molecule has 0 bridgehead atoms. The average Bonchev–Trinajstić information content (AvgIpc) is 2.96. The fraction of sp³-hybridized carbons (Fsp3) is 0.714. The van der Waals surface area contributed by atoms with Crippen LogP contribution in [-0.4, -0.2) is 23.5 Å². The van der Waals surface area contributed by atoms with E-state index in [4.69, 9.17) is 0 Å². The largest absolute Gasteiger partial charge is 0.508 e. The number of carbonyl (C=O) groups is 2. The van der Waals surface area contributed by atoms with Gasteiger partial charge in [0.05, 0.1) is 0 Å². The van der Waals surface area contributed by atoms with Crippen LogP contribution >= 0.6 is 0 Å². The van der Waals surface area contributed by atoms with E-state index < -0.39 is 5.97 Å². The van der Waals surface area contributed by atoms with Crippen LogP contribution in [-0.2, 0) is 14.3 Å². The fourth-order valence-corrected chi connectivity index (χ4v) is 2.58. The van der Waals surface area contributed by atoms with Gasteiger partial charge in [-0.3, -0.25) is 4.79 Å². The lowest BCUT2D eigenvalue weighted by Gasteiger charge is -2.00. The summed E-state index contributed by atoms with van der Waals surface area (Å²) in [6.07, 6.45) is 6.32. The van der Waals surface area contributed by atoms with Crippen LogP contribution < -0.4 is 0 Å². The van der Waals surface area contributed by atoms with Gasteiger partial charge in [0.25, 0.3) is 0 Å². The molecule has 4 heteroatoms. The number of hydrogen-bond donors (Lipinski definition) is 1. The molecule has 2 unspecified atom stereocenters. The number of hydrogen-bond acceptors (Lipinski definition) is 4. The number of aliphatic hydroxyl groups excluding tert-OH is 1. The zero-order valence-electron chi connectivity index (χ0n) is 10.8. The van der Waals surface area contributed by atoms with Crippen LogP contribution in [0.3, 0.4) is 0 Å². The van der Waals surface area contributed by atoms with Gasteiger partial charge in [0.1, 0.15) is 17.9 Å². The molecular weight excluding hydrogens is 232 g/mol. The molecule has 0 saturated heterocycles. The SMILES string of the molecule is CCCCCC1CC1CC(=O)C1=C(O)COC1=O. The van der Waals surface area contributed by atoms with Crippen molar-refractivity contribution in [1.82, 2.24) is 0 Å². The molecule has 1 aliphatic heterocycles. The highest BCUT2D eigenvalue weighted by Crippen LogP contribution is 2.45. The van der Waals surface area contributed by atoms with Gasteiger partial charge in [-0.2, -0.15) is 0 Å². The molecule has 18 heavy (non-hydrogen) atoms. The number of esters is 1. The molecule has 1 heterocycles. The molecule has 100 valence electrons. The van der Waals surface area contributed by atoms with E-state index in [-0.39, 0.29) is 23.7 Å². The van der Waals surface area contributed by atoms with E-state index in [0.717, 1.165) is 6.42 Å². The van der Waals surface area contributed by atoms with Gasteiger partial charge in [0, 0.05) is 6.42 Å². The van der Waals surface area contributed by atoms with Crippen LogP contribution in [0.1, 0.15) is 45.4 Å². The van der Waals surface area contributed by atoms with Crippen LogP contribution in [0.2, 0.25) is 0 Å². The van der Waals surface area contributed by atoms with Gasteiger partial charge in [0.2, 0.25) is 0 Å². The van der Waals surface area contributed by atoms with E-state index in [0.29, 0.717) is 18.3 Å². The molecule has 0 aromatic heterocycles. The Morgan fingerprint density at radius 3 is 2.78 bits per heavy atom. The summed E-state index contributed by atoms with van der Waals surface area (Å²) in [7, 11) is 0. The average molecular weight is 252 g/mol. The normalized spacial score (nSPS) is 26.4. The number of ketones is 1. The minimum Gasteiger partial charge on any atom is -0.508 e. The smallest absolute Gasteiger partial charge is 0.345 e. The van der Waals surface area contributed by atoms with Crippen LogP contribution in [0.15, 0.2) is 11.3 Å². The number of carbonyl (C=O) groups excluding carboxylic acids is 2. The Morgan fingerprint density at radius 2 is 2.17 bits per heavy atom. The standard InChI is InChI=1S/C14H20O4/c1-2-3-4-5-9-6-10(9)7-11(15)13-12(16)8-18-14(13)17/h9-10,16H,2-8H2,1H3. The monoisotopic (exact) mass is 252 g/mol. The van der Waals surface area contributed by atoms with E-state index in [1.807, 2.05) is 0 Å². The number of rotatable bonds is 7. The van der Waals surface area contributed by atoms with Gasteiger partial charge in [-0.1, -0.05) is 32.6 Å². The van der Waals surface area contributed by atoms with Crippen molar-refractivity contribution in [3.63, 3.8) is 0 Å². The Kier molecular flexibility index (Phi) is 4.04. The highest BCUT2D eigenvalue weighted by atomic mass is 16.5. The molecule has 0 spiro atoms. The lowest BCUT2D eigenvalue weighted by atomic mass is 10.0. The van der Waals surface area contributed by atoms with E-state index in [1.165, 1.54) is 25.7 Å². The van der Waals surface area contributed by atoms with Crippen molar-refractivity contribution >= 4 is 11.8 Å². The van der Waals surface area contributed by atoms with Crippen LogP contribution in [0.5, 0.6) is 0 Å². The summed E-state index contributed by atoms with van der Waals surface area (Å²) in [6.45, 7) is 2.03. The van der Waals surface area contributed by atoms with Crippen molar-refractivity contribution < 1.29 is 19.4 Å². The predicted molar refractivity (Wildman–Crippen MR) is 66.0 cm³/mol. The molecule has 2 aliphatic rings. The Labute approximate surface area is 107 Å². The van der Waals surface area contributed by atoms with Gasteiger partial charge in [-0.05, 0) is 18.3 Å². The maximum atomic E-state index is 11.9. The lowest BCUT2D eigenvalue weighted by Crippen LogP contribution is -2.12. The van der Waals surface area contributed by atoms with E-state index >= 15 is 0 Å². The van der Waals surface area contributed by atoms with Crippen molar-refractivity contribution in [1.29, 1.82) is 0 Å². The molecule has 1 aliphatic carbocycles. The van der Waals surface area contributed by atoms with Crippen molar-refractivity contribution in [2.24, 2.45) is 11.8 Å². The van der Waals surface area contributed by atoms with Gasteiger partial charge < -0.3 is 9.84 Å². The first kappa shape index (κ1) is 13.1. The number of aliphatic hydroxyl groups is 1. The quantitative estimate of drug-likeness (QED) is 0.429. The lowest BCUT2D eigenvalue weighted by molar-refractivity contribution is -0.137. The van der Waals surface area contributed by atoms with Gasteiger partial charge in [0.15, 0.2) is 5.78 Å². The second kappa shape index (κ2) is 5.55. The third kappa shape index (κ3) is 2.92. The topological polar surface area (TPSA) is 63.6 Å². The summed E-state index contributed by atoms with van der Waals surface area (Å²) in [6, 6.07) is 0. The highest BCUT2D eigenvalue weighted by molar-refractivity contribution is 6.18. The van der Waals surface area contributed by atoms with Crippen LogP contribution in [0.25, 0.3) is 0 Å². The molecule has 0 aromatic rings. The highest BCUT2D eigenvalue weighted by Gasteiger charge is 2.40. The summed E-state index contributed by atoms with van der Waals surface area (Å²) in [5, 5.41) is 9.42. The minimum atomic E-state index is -0.666. The summed E-state index contributed by atoms with van der Waals surface area (Å²) >= 11 is 0. The molecular formula is C14H20O4. The second-order valence-corrected chi connectivity index (χ2v) is 5.28. The van der Waals surface area contributed by atoms with Gasteiger partial charge in [-0.25, -0.2) is 4.79 Å². The predicted octanol–water partition coefficient (Wildman–Crippen LogP) is 2.53. The summed E-state index contributed by atoms with van der Waals surface area (Å²) in [5.41, 5.74) is -0.116. The first-order valence-corrected chi connectivity index (χ1v) is 6.76. The second-order valence-electron chi connectivity index (χ2n) is 5.28. The summed E-state index contributed by atoms with van der Waals surface area (Å²) < 4.78 is 4.62. The summed E-state index contributed by atoms with van der Waals surface area (Å²) in [5.74, 6) is -0.0735. The van der Waals surface area contributed by atoms with Crippen molar-refractivity contribution in [2.45, 2.75) is 45.4 Å². The molecule has 0 radical (unpaired) electrons. The Balaban J connectivity index is 1.77. The molecule has 2 rings (SSSR count). The molecule has 2 atom stereocenters. The fourth-order valence-electron chi connectivity index (χ4n) is 2.58. The number of cyclic esters (lactones) is 1. The van der Waals surface area contributed by atoms with Crippen molar-refractivity contribution in [2.75, 3.05) is 6.61 Å². The third-order valence-corrected chi connectivity index (χ3v) is 3.81. The third-order valence-electron chi connectivity index (χ3n) is 3.81. The van der Waals surface area contributed by atoms with Gasteiger partial charge >= 0.3 is 5.97 Å². The van der Waals surface area contributed by atoms with E-state index in [1.54, 1.807) is 0 Å². The summed E-state index contributed by atoms with van der Waals surface area (Å²) in [4.78, 5) is 23.1. The Bertz CT molecular complexity index is 383. The molecule has 1 saturated carbocycles. The molecule has 1 N–H and O–H groups in total. The Morgan fingerprint density at radius 1 is 1.39 bits per heavy atom. The van der Waals surface area contributed by atoms with Crippen molar-refractivity contribution in [3.8, 4) is 0 Å². The number of Topliss-reactive ketones (excluding diaryl/α,β-unsaturated/α-hetero) is 1. The first-order valence-electron chi connectivity index (χ1n) is 6.76. The number of unbranched alkanes of at least 4 members (excludes halogenated alkanes) is 2. The molecule has 0 aromatic carbocycles. The molecule has 4 nitrogen and oxygen atoms in total. The van der Waals surface area contributed by atoms with E-state index in [2.05, 4.69) is 11.7 Å². The van der Waals surface area contributed by atoms with E-state index in [9.17, 15) is 14.7 Å². The maximum Gasteiger partial charge on any atom is 0.345 e. The Hall–Kier alpha value is -1.32. The first-order chi connectivity index (χ1) is 8.63. The van der Waals surface area contributed by atoms with Gasteiger partial charge in [-0.15, -0.1) is 0 Å². The van der Waals surface area contributed by atoms with Crippen LogP contribution in [0, 0.1) is 11.8 Å². The van der Waals surface area contributed by atoms with Crippen LogP contribution in [0.4, 0.5) is 0 Å². The maximum absolute atomic E-state index is 11.9. The molecule has 1 fully saturated rings.